The van der Waals surface area contributed by atoms with E-state index in [-0.39, 0.29) is 5.41 Å². The predicted molar refractivity (Wildman–Crippen MR) is 234 cm³/mol. The number of hydrogen-bond acceptors (Lipinski definition) is 1. The monoisotopic (exact) mass is 709 g/mol. The summed E-state index contributed by atoms with van der Waals surface area (Å²) in [7, 11) is 0. The summed E-state index contributed by atoms with van der Waals surface area (Å²) in [5, 5.41) is 0. The minimum absolute atomic E-state index is 0.123. The van der Waals surface area contributed by atoms with E-state index >= 15 is 0 Å². The van der Waals surface area contributed by atoms with Crippen molar-refractivity contribution in [3.05, 3.63) is 204 Å². The lowest BCUT2D eigenvalue weighted by atomic mass is 9.67. The topological polar surface area (TPSA) is 3.24 Å². The maximum Gasteiger partial charge on any atom is 0.0540 e. The van der Waals surface area contributed by atoms with Crippen molar-refractivity contribution < 1.29 is 0 Å². The molecule has 0 aliphatic heterocycles. The minimum atomic E-state index is 0.123. The van der Waals surface area contributed by atoms with E-state index in [0.29, 0.717) is 0 Å². The zero-order valence-electron chi connectivity index (χ0n) is 31.6. The van der Waals surface area contributed by atoms with Crippen molar-refractivity contribution >= 4 is 33.8 Å². The highest BCUT2D eigenvalue weighted by Crippen LogP contribution is 2.59. The lowest BCUT2D eigenvalue weighted by Crippen LogP contribution is -2.28. The van der Waals surface area contributed by atoms with Crippen molar-refractivity contribution in [3.8, 4) is 22.3 Å². The zero-order chi connectivity index (χ0) is 36.6. The smallest absolute Gasteiger partial charge is 0.0540 e. The molecule has 1 heteroatoms. The molecule has 55 heavy (non-hydrogen) atoms. The van der Waals surface area contributed by atoms with Crippen LogP contribution in [0.25, 0.3) is 39.0 Å². The van der Waals surface area contributed by atoms with Crippen molar-refractivity contribution in [1.82, 2.24) is 0 Å². The molecule has 0 bridgehead atoms. The summed E-state index contributed by atoms with van der Waals surface area (Å²) < 4.78 is 0. The van der Waals surface area contributed by atoms with Crippen molar-refractivity contribution in [3.63, 3.8) is 0 Å². The summed E-state index contributed by atoms with van der Waals surface area (Å²) in [5.41, 5.74) is 20.1. The Morgan fingerprint density at radius 3 is 1.89 bits per heavy atom. The van der Waals surface area contributed by atoms with E-state index in [1.165, 1.54) is 105 Å². The number of hydrogen-bond donors (Lipinski definition) is 0. The van der Waals surface area contributed by atoms with Gasteiger partial charge in [-0.25, -0.2) is 0 Å². The minimum Gasteiger partial charge on any atom is -0.310 e. The second-order valence-electron chi connectivity index (χ2n) is 15.7. The molecule has 0 N–H and O–H groups in total. The van der Waals surface area contributed by atoms with Crippen LogP contribution in [0.3, 0.4) is 0 Å². The fourth-order valence-electron chi connectivity index (χ4n) is 10.1. The van der Waals surface area contributed by atoms with Gasteiger partial charge in [-0.05, 0) is 130 Å². The van der Waals surface area contributed by atoms with Gasteiger partial charge < -0.3 is 4.90 Å². The number of para-hydroxylation sites is 1. The van der Waals surface area contributed by atoms with Gasteiger partial charge in [-0.15, -0.1) is 0 Å². The Hall–Kier alpha value is -5.92. The summed E-state index contributed by atoms with van der Waals surface area (Å²) in [6, 6.07) is 56.5. The molecule has 4 aliphatic rings. The van der Waals surface area contributed by atoms with E-state index in [1.54, 1.807) is 5.57 Å². The lowest BCUT2D eigenvalue weighted by Gasteiger charge is -2.37. The molecular weight excluding hydrogens is 663 g/mol. The molecule has 0 heterocycles. The Balaban J connectivity index is 1.17. The maximum absolute atomic E-state index is 2.59. The van der Waals surface area contributed by atoms with E-state index in [9.17, 15) is 0 Å². The first-order valence-corrected chi connectivity index (χ1v) is 20.4. The van der Waals surface area contributed by atoms with Crippen LogP contribution in [0.1, 0.15) is 80.0 Å². The average molecular weight is 710 g/mol. The van der Waals surface area contributed by atoms with Crippen LogP contribution >= 0.6 is 0 Å². The molecule has 6 aromatic rings. The molecule has 1 nitrogen and oxygen atoms in total. The summed E-state index contributed by atoms with van der Waals surface area (Å²) in [4.78, 5) is 2.53. The van der Waals surface area contributed by atoms with Gasteiger partial charge in [0.05, 0.1) is 5.69 Å². The van der Waals surface area contributed by atoms with E-state index in [4.69, 9.17) is 0 Å². The van der Waals surface area contributed by atoms with Crippen LogP contribution in [0, 0.1) is 0 Å². The number of benzene rings is 6. The SMILES string of the molecule is C1=CC(c2ccccc2-c2ccccc2N(c2ccc(-c3ccccc3)cc2)c2ccc3c(c2)C2(CCCCC2)C2=CCCC=C23)=C(c2ccccc2)CC1. The molecule has 4 aliphatic carbocycles. The van der Waals surface area contributed by atoms with Gasteiger partial charge in [0.15, 0.2) is 0 Å². The third-order valence-electron chi connectivity index (χ3n) is 12.6. The Morgan fingerprint density at radius 1 is 0.473 bits per heavy atom. The first kappa shape index (κ1) is 33.6. The molecule has 0 amide bonds. The van der Waals surface area contributed by atoms with Crippen LogP contribution in [0.5, 0.6) is 0 Å². The Bertz CT molecular complexity index is 2490. The van der Waals surface area contributed by atoms with Crippen molar-refractivity contribution in [2.24, 2.45) is 0 Å². The summed E-state index contributed by atoms with van der Waals surface area (Å²) in [6.07, 6.45) is 20.7. The molecule has 268 valence electrons. The van der Waals surface area contributed by atoms with Crippen molar-refractivity contribution in [1.29, 1.82) is 0 Å². The molecule has 0 radical (unpaired) electrons. The van der Waals surface area contributed by atoms with Gasteiger partial charge in [0.2, 0.25) is 0 Å². The highest BCUT2D eigenvalue weighted by atomic mass is 15.1. The number of fused-ring (bicyclic) bond motifs is 5. The second kappa shape index (κ2) is 14.4. The molecule has 10 rings (SSSR count). The summed E-state index contributed by atoms with van der Waals surface area (Å²) in [5.74, 6) is 0. The maximum atomic E-state index is 2.59. The van der Waals surface area contributed by atoms with Gasteiger partial charge in [-0.2, -0.15) is 0 Å². The summed E-state index contributed by atoms with van der Waals surface area (Å²) in [6.45, 7) is 0. The van der Waals surface area contributed by atoms with Gasteiger partial charge in [0.1, 0.15) is 0 Å². The quantitative estimate of drug-likeness (QED) is 0.159. The van der Waals surface area contributed by atoms with Crippen LogP contribution in [0.4, 0.5) is 17.1 Å². The Kier molecular flexibility index (Phi) is 8.80. The standard InChI is InChI=1S/C54H47N/c1-4-18-39(19-5-1)40-30-32-42(33-31-40)55(43-34-35-49-48-26-12-14-28-51(48)54(52(49)38-43)36-16-3-17-37-54)53-29-15-13-27-50(53)47-25-11-10-24-46(47)45-23-9-8-22-44(45)41-20-6-2-7-21-41/h1-2,4-7,9-11,13,15,18-21,23-35,38H,3,8,12,14,16-17,22,36-37H2. The van der Waals surface area contributed by atoms with Gasteiger partial charge in [-0.1, -0.05) is 165 Å². The van der Waals surface area contributed by atoms with Crippen LogP contribution in [0.15, 0.2) is 182 Å². The molecule has 0 atom stereocenters. The first-order valence-electron chi connectivity index (χ1n) is 20.4. The number of rotatable bonds is 7. The molecule has 1 fully saturated rings. The highest BCUT2D eigenvalue weighted by molar-refractivity contribution is 6.02. The third-order valence-corrected chi connectivity index (χ3v) is 12.6. The largest absolute Gasteiger partial charge is 0.310 e. The molecule has 0 saturated heterocycles. The van der Waals surface area contributed by atoms with E-state index in [2.05, 4.69) is 181 Å². The predicted octanol–water partition coefficient (Wildman–Crippen LogP) is 15.1. The van der Waals surface area contributed by atoms with Gasteiger partial charge >= 0.3 is 0 Å². The molecule has 6 aromatic carbocycles. The number of anilines is 3. The van der Waals surface area contributed by atoms with Crippen molar-refractivity contribution in [2.45, 2.75) is 63.2 Å². The van der Waals surface area contributed by atoms with Crippen LogP contribution < -0.4 is 4.90 Å². The molecule has 1 spiro atoms. The number of nitrogens with zero attached hydrogens (tertiary/aromatic N) is 1. The Labute approximate surface area is 326 Å². The van der Waals surface area contributed by atoms with E-state index < -0.39 is 0 Å². The highest BCUT2D eigenvalue weighted by Gasteiger charge is 2.46. The Morgan fingerprint density at radius 2 is 1.11 bits per heavy atom. The first-order chi connectivity index (χ1) is 27.3. The normalized spacial score (nSPS) is 17.0. The van der Waals surface area contributed by atoms with Gasteiger partial charge in [-0.3, -0.25) is 0 Å². The second-order valence-corrected chi connectivity index (χ2v) is 15.7. The fourth-order valence-corrected chi connectivity index (χ4v) is 10.1. The number of allylic oxidation sites excluding steroid dienone is 8. The van der Waals surface area contributed by atoms with Gasteiger partial charge in [0.25, 0.3) is 0 Å². The molecule has 1 saturated carbocycles. The summed E-state index contributed by atoms with van der Waals surface area (Å²) >= 11 is 0. The molecule has 0 unspecified atom stereocenters. The molecular formula is C54H47N. The van der Waals surface area contributed by atoms with Crippen molar-refractivity contribution in [2.75, 3.05) is 4.90 Å². The fraction of sp³-hybridized carbons (Fsp3) is 0.185. The van der Waals surface area contributed by atoms with Gasteiger partial charge in [0, 0.05) is 22.4 Å². The van der Waals surface area contributed by atoms with E-state index in [0.717, 1.165) is 31.4 Å². The lowest BCUT2D eigenvalue weighted by molar-refractivity contribution is 0.352. The third kappa shape index (κ3) is 5.94. The average Bonchev–Trinajstić information content (AvgIpc) is 3.53. The van der Waals surface area contributed by atoms with Crippen LogP contribution in [0.2, 0.25) is 0 Å². The van der Waals surface area contributed by atoms with E-state index in [1.807, 2.05) is 0 Å². The molecule has 0 aromatic heterocycles. The van der Waals surface area contributed by atoms with Crippen LogP contribution in [-0.2, 0) is 5.41 Å². The van der Waals surface area contributed by atoms with Crippen LogP contribution in [-0.4, -0.2) is 0 Å². The zero-order valence-corrected chi connectivity index (χ0v) is 31.6.